The number of ether oxygens (including phenoxy) is 5. The summed E-state index contributed by atoms with van der Waals surface area (Å²) in [5.74, 6) is -3.54. The molecule has 5 unspecified atom stereocenters. The highest BCUT2D eigenvalue weighted by Gasteiger charge is 2.51. The number of hydrogen-bond acceptors (Lipinski definition) is 11. The molecule has 1 saturated heterocycles. The molecule has 12 heteroatoms. The molecule has 2 rings (SSSR count). The SMILES string of the molecule is COc1ccnc(C(=O)NC2OC(C)C(OC(C)=O)C(OC(C)=O)C2OC(C)=O)c1O. The molecule has 0 aromatic carbocycles. The van der Waals surface area contributed by atoms with Gasteiger partial charge in [0.05, 0.1) is 13.2 Å². The number of carbonyl (C=O) groups excluding carboxylic acids is 4. The van der Waals surface area contributed by atoms with Gasteiger partial charge in [0.25, 0.3) is 5.91 Å². The normalized spacial score (nSPS) is 25.1. The van der Waals surface area contributed by atoms with E-state index < -0.39 is 60.2 Å². The van der Waals surface area contributed by atoms with Crippen LogP contribution in [0.15, 0.2) is 12.3 Å². The van der Waals surface area contributed by atoms with Crippen molar-refractivity contribution in [1.82, 2.24) is 10.3 Å². The summed E-state index contributed by atoms with van der Waals surface area (Å²) in [5.41, 5.74) is -0.372. The second-order valence-corrected chi connectivity index (χ2v) is 6.67. The van der Waals surface area contributed by atoms with Crippen LogP contribution in [-0.4, -0.2) is 71.7 Å². The van der Waals surface area contributed by atoms with E-state index in [1.165, 1.54) is 26.3 Å². The lowest BCUT2D eigenvalue weighted by Crippen LogP contribution is -2.64. The van der Waals surface area contributed by atoms with Crippen molar-refractivity contribution in [3.05, 3.63) is 18.0 Å². The highest BCUT2D eigenvalue weighted by atomic mass is 16.7. The van der Waals surface area contributed by atoms with Crippen molar-refractivity contribution >= 4 is 23.8 Å². The van der Waals surface area contributed by atoms with Gasteiger partial charge in [0, 0.05) is 33.0 Å². The first-order valence-corrected chi connectivity index (χ1v) is 9.25. The Morgan fingerprint density at radius 3 is 2.10 bits per heavy atom. The van der Waals surface area contributed by atoms with E-state index in [1.807, 2.05) is 0 Å². The lowest BCUT2D eigenvalue weighted by atomic mass is 9.97. The fraction of sp³-hybridized carbons (Fsp3) is 0.526. The zero-order chi connectivity index (χ0) is 23.3. The number of aromatic hydroxyl groups is 1. The van der Waals surface area contributed by atoms with Gasteiger partial charge < -0.3 is 34.1 Å². The Hall–Kier alpha value is -3.41. The minimum atomic E-state index is -1.36. The minimum absolute atomic E-state index is 0.0160. The summed E-state index contributed by atoms with van der Waals surface area (Å²) in [6.07, 6.45) is -4.68. The first kappa shape index (κ1) is 23.9. The van der Waals surface area contributed by atoms with Gasteiger partial charge in [-0.05, 0) is 6.92 Å². The third kappa shape index (κ3) is 5.81. The fourth-order valence-electron chi connectivity index (χ4n) is 3.09. The van der Waals surface area contributed by atoms with Gasteiger partial charge in [0.15, 0.2) is 41.7 Å². The van der Waals surface area contributed by atoms with Crippen molar-refractivity contribution in [3.8, 4) is 11.5 Å². The molecule has 1 aromatic rings. The number of pyridine rings is 1. The van der Waals surface area contributed by atoms with Crippen LogP contribution in [0.5, 0.6) is 11.5 Å². The molecule has 0 aliphatic carbocycles. The smallest absolute Gasteiger partial charge is 0.303 e. The Balaban J connectivity index is 2.38. The Morgan fingerprint density at radius 1 is 1.00 bits per heavy atom. The van der Waals surface area contributed by atoms with Crippen molar-refractivity contribution in [3.63, 3.8) is 0 Å². The average Bonchev–Trinajstić information content (AvgIpc) is 2.66. The molecule has 1 aromatic heterocycles. The van der Waals surface area contributed by atoms with E-state index in [0.717, 1.165) is 20.8 Å². The molecular weight excluding hydrogens is 416 g/mol. The summed E-state index contributed by atoms with van der Waals surface area (Å²) < 4.78 is 26.3. The molecule has 2 N–H and O–H groups in total. The predicted octanol–water partition coefficient (Wildman–Crippen LogP) is 0.0655. The van der Waals surface area contributed by atoms with E-state index in [-0.39, 0.29) is 11.4 Å². The Kier molecular flexibility index (Phi) is 7.75. The van der Waals surface area contributed by atoms with Crippen LogP contribution in [0.25, 0.3) is 0 Å². The van der Waals surface area contributed by atoms with Gasteiger partial charge in [0.1, 0.15) is 0 Å². The molecule has 0 radical (unpaired) electrons. The van der Waals surface area contributed by atoms with Crippen LogP contribution >= 0.6 is 0 Å². The maximum atomic E-state index is 12.7. The molecule has 5 atom stereocenters. The van der Waals surface area contributed by atoms with Crippen LogP contribution in [0.4, 0.5) is 0 Å². The first-order valence-electron chi connectivity index (χ1n) is 9.25. The largest absolute Gasteiger partial charge is 0.503 e. The second kappa shape index (κ2) is 10.1. The highest BCUT2D eigenvalue weighted by Crippen LogP contribution is 2.30. The van der Waals surface area contributed by atoms with Crippen LogP contribution in [0.2, 0.25) is 0 Å². The number of amides is 1. The van der Waals surface area contributed by atoms with E-state index in [9.17, 15) is 24.3 Å². The maximum absolute atomic E-state index is 12.7. The van der Waals surface area contributed by atoms with Crippen molar-refractivity contribution in [2.24, 2.45) is 0 Å². The summed E-state index contributed by atoms with van der Waals surface area (Å²) in [4.78, 5) is 51.4. The molecule has 2 heterocycles. The van der Waals surface area contributed by atoms with Gasteiger partial charge >= 0.3 is 17.9 Å². The predicted molar refractivity (Wildman–Crippen MR) is 101 cm³/mol. The lowest BCUT2D eigenvalue weighted by molar-refractivity contribution is -0.246. The minimum Gasteiger partial charge on any atom is -0.503 e. The molecule has 0 spiro atoms. The van der Waals surface area contributed by atoms with Crippen molar-refractivity contribution < 1.29 is 48.0 Å². The Labute approximate surface area is 177 Å². The molecule has 1 amide bonds. The Morgan fingerprint density at radius 2 is 1.55 bits per heavy atom. The highest BCUT2D eigenvalue weighted by molar-refractivity contribution is 5.95. The third-order valence-corrected chi connectivity index (χ3v) is 4.27. The topological polar surface area (TPSA) is 160 Å². The second-order valence-electron chi connectivity index (χ2n) is 6.67. The van der Waals surface area contributed by atoms with E-state index in [1.54, 1.807) is 0 Å². The molecule has 0 saturated carbocycles. The van der Waals surface area contributed by atoms with Gasteiger partial charge in [-0.15, -0.1) is 0 Å². The molecule has 0 bridgehead atoms. The first-order chi connectivity index (χ1) is 14.5. The zero-order valence-corrected chi connectivity index (χ0v) is 17.6. The number of nitrogens with one attached hydrogen (secondary N) is 1. The fourth-order valence-corrected chi connectivity index (χ4v) is 3.09. The third-order valence-electron chi connectivity index (χ3n) is 4.27. The van der Waals surface area contributed by atoms with Crippen LogP contribution in [-0.2, 0) is 33.3 Å². The number of carbonyl (C=O) groups is 4. The van der Waals surface area contributed by atoms with E-state index in [4.69, 9.17) is 23.7 Å². The summed E-state index contributed by atoms with van der Waals surface area (Å²) >= 11 is 0. The average molecular weight is 440 g/mol. The molecule has 1 aliphatic rings. The zero-order valence-electron chi connectivity index (χ0n) is 17.6. The molecule has 31 heavy (non-hydrogen) atoms. The van der Waals surface area contributed by atoms with Crippen LogP contribution < -0.4 is 10.1 Å². The van der Waals surface area contributed by atoms with Crippen molar-refractivity contribution in [2.75, 3.05) is 7.11 Å². The van der Waals surface area contributed by atoms with E-state index in [2.05, 4.69) is 10.3 Å². The van der Waals surface area contributed by atoms with E-state index in [0.29, 0.717) is 0 Å². The van der Waals surface area contributed by atoms with Gasteiger partial charge in [-0.25, -0.2) is 4.98 Å². The van der Waals surface area contributed by atoms with E-state index >= 15 is 0 Å². The number of rotatable bonds is 6. The van der Waals surface area contributed by atoms with Gasteiger partial charge in [-0.3, -0.25) is 19.2 Å². The Bertz CT molecular complexity index is 858. The summed E-state index contributed by atoms with van der Waals surface area (Å²) in [7, 11) is 1.30. The summed E-state index contributed by atoms with van der Waals surface area (Å²) in [5, 5.41) is 12.6. The quantitative estimate of drug-likeness (QED) is 0.455. The molecule has 1 aliphatic heterocycles. The standard InChI is InChI=1S/C19H24N2O10/c1-8-15(29-9(2)22)16(30-10(3)23)17(31-11(4)24)19(28-8)21-18(26)13-14(25)12(27-5)6-7-20-13/h6-8,15-17,19,25H,1-5H3,(H,21,26). The number of nitrogens with zero attached hydrogens (tertiary/aromatic N) is 1. The molecule has 170 valence electrons. The van der Waals surface area contributed by atoms with Crippen molar-refractivity contribution in [2.45, 2.75) is 58.3 Å². The summed E-state index contributed by atoms with van der Waals surface area (Å²) in [6.45, 7) is 4.91. The monoisotopic (exact) mass is 440 g/mol. The number of methoxy groups -OCH3 is 1. The number of esters is 3. The molecular formula is C19H24N2O10. The number of hydrogen-bond donors (Lipinski definition) is 2. The van der Waals surface area contributed by atoms with Crippen LogP contribution in [0.1, 0.15) is 38.2 Å². The van der Waals surface area contributed by atoms with Gasteiger partial charge in [0.2, 0.25) is 0 Å². The lowest BCUT2D eigenvalue weighted by Gasteiger charge is -2.43. The van der Waals surface area contributed by atoms with Gasteiger partial charge in [-0.2, -0.15) is 0 Å². The van der Waals surface area contributed by atoms with Crippen LogP contribution in [0.3, 0.4) is 0 Å². The van der Waals surface area contributed by atoms with Crippen LogP contribution in [0, 0.1) is 0 Å². The number of aromatic nitrogens is 1. The maximum Gasteiger partial charge on any atom is 0.303 e. The molecule has 1 fully saturated rings. The molecule has 12 nitrogen and oxygen atoms in total. The summed E-state index contributed by atoms with van der Waals surface area (Å²) in [6, 6.07) is 1.35. The van der Waals surface area contributed by atoms with Crippen molar-refractivity contribution in [1.29, 1.82) is 0 Å². The van der Waals surface area contributed by atoms with Gasteiger partial charge in [-0.1, -0.05) is 0 Å².